The molecule has 4 rings (SSSR count). The van der Waals surface area contributed by atoms with Gasteiger partial charge < -0.3 is 9.72 Å². The van der Waals surface area contributed by atoms with Gasteiger partial charge in [-0.2, -0.15) is 0 Å². The fraction of sp³-hybridized carbons (Fsp3) is 0.571. The molecule has 2 aliphatic rings. The molecule has 0 radical (unpaired) electrons. The highest BCUT2D eigenvalue weighted by Gasteiger charge is 2.23. The van der Waals surface area contributed by atoms with Gasteiger partial charge in [0.1, 0.15) is 11.1 Å². The Hall–Kier alpha value is -1.84. The summed E-state index contributed by atoms with van der Waals surface area (Å²) in [6.45, 7) is 2.67. The summed E-state index contributed by atoms with van der Waals surface area (Å²) in [6, 6.07) is 0. The molecule has 8 nitrogen and oxygen atoms in total. The van der Waals surface area contributed by atoms with E-state index in [0.717, 1.165) is 55.4 Å². The number of carbonyl (C=O) groups excluding carboxylic acids is 1. The largest absolute Gasteiger partial charge is 0.371 e. The predicted octanol–water partition coefficient (Wildman–Crippen LogP) is 1.11. The Kier molecular flexibility index (Phi) is 4.06. The van der Waals surface area contributed by atoms with Crippen molar-refractivity contribution < 1.29 is 9.53 Å². The minimum atomic E-state index is -0.0667. The molecule has 4 heterocycles. The first-order valence-electron chi connectivity index (χ1n) is 7.76. The summed E-state index contributed by atoms with van der Waals surface area (Å²) in [7, 11) is 0. The van der Waals surface area contributed by atoms with Gasteiger partial charge in [0, 0.05) is 26.1 Å². The molecule has 23 heavy (non-hydrogen) atoms. The normalized spacial score (nSPS) is 21.3. The zero-order valence-electron chi connectivity index (χ0n) is 12.6. The van der Waals surface area contributed by atoms with E-state index in [2.05, 4.69) is 30.4 Å². The Bertz CT molecular complexity index is 693. The summed E-state index contributed by atoms with van der Waals surface area (Å²) in [6.07, 6.45) is 4.65. The molecule has 0 bridgehead atoms. The second kappa shape index (κ2) is 6.34. The van der Waals surface area contributed by atoms with Crippen molar-refractivity contribution in [2.45, 2.75) is 31.9 Å². The van der Waals surface area contributed by atoms with Crippen LogP contribution in [0.1, 0.15) is 35.3 Å². The van der Waals surface area contributed by atoms with Crippen molar-refractivity contribution in [2.24, 2.45) is 0 Å². The molecule has 0 saturated carbocycles. The van der Waals surface area contributed by atoms with Gasteiger partial charge in [-0.05, 0) is 12.8 Å². The molecule has 0 aromatic carbocycles. The van der Waals surface area contributed by atoms with Crippen molar-refractivity contribution in [1.29, 1.82) is 0 Å². The number of hydrogen-bond acceptors (Lipinski definition) is 7. The number of nitrogens with zero attached hydrogens (tertiary/aromatic N) is 4. The minimum Gasteiger partial charge on any atom is -0.371 e. The SMILES string of the molecule is O=C(CN1CCc2nc[nH]c2C1)Nc1nnc([C@H]2CCCO2)s1. The number of nitrogens with one attached hydrogen (secondary N) is 2. The third-order valence-corrected chi connectivity index (χ3v) is 5.04. The van der Waals surface area contributed by atoms with Crippen LogP contribution in [-0.4, -0.2) is 50.7 Å². The first-order valence-corrected chi connectivity index (χ1v) is 8.58. The lowest BCUT2D eigenvalue weighted by Crippen LogP contribution is -2.37. The fourth-order valence-corrected chi connectivity index (χ4v) is 3.80. The van der Waals surface area contributed by atoms with Gasteiger partial charge >= 0.3 is 0 Å². The zero-order valence-corrected chi connectivity index (χ0v) is 13.4. The smallest absolute Gasteiger partial charge is 0.240 e. The summed E-state index contributed by atoms with van der Waals surface area (Å²) in [5, 5.41) is 12.4. The Labute approximate surface area is 137 Å². The second-order valence-corrected chi connectivity index (χ2v) is 6.79. The molecular formula is C14H18N6O2S. The monoisotopic (exact) mass is 334 g/mol. The number of H-pyrrole nitrogens is 1. The number of aromatic amines is 1. The first kappa shape index (κ1) is 14.7. The number of anilines is 1. The van der Waals surface area contributed by atoms with Gasteiger partial charge in [0.2, 0.25) is 11.0 Å². The lowest BCUT2D eigenvalue weighted by Gasteiger charge is -2.24. The zero-order chi connectivity index (χ0) is 15.6. The Morgan fingerprint density at radius 1 is 1.52 bits per heavy atom. The van der Waals surface area contributed by atoms with E-state index in [0.29, 0.717) is 11.7 Å². The number of ether oxygens (including phenoxy) is 1. The number of amides is 1. The van der Waals surface area contributed by atoms with Crippen molar-refractivity contribution >= 4 is 22.4 Å². The molecule has 2 aromatic rings. The van der Waals surface area contributed by atoms with E-state index in [1.807, 2.05) is 0 Å². The molecule has 0 unspecified atom stereocenters. The summed E-state index contributed by atoms with van der Waals surface area (Å²) in [5.74, 6) is -0.0667. The Morgan fingerprint density at radius 2 is 2.48 bits per heavy atom. The van der Waals surface area contributed by atoms with Crippen molar-refractivity contribution in [2.75, 3.05) is 25.0 Å². The number of fused-ring (bicyclic) bond motifs is 1. The number of aromatic nitrogens is 4. The van der Waals surface area contributed by atoms with Gasteiger partial charge in [-0.15, -0.1) is 10.2 Å². The van der Waals surface area contributed by atoms with Crippen LogP contribution >= 0.6 is 11.3 Å². The minimum absolute atomic E-state index is 0.0408. The van der Waals surface area contributed by atoms with Crippen LogP contribution in [0.2, 0.25) is 0 Å². The van der Waals surface area contributed by atoms with Crippen molar-refractivity contribution in [3.63, 3.8) is 0 Å². The van der Waals surface area contributed by atoms with Crippen LogP contribution < -0.4 is 5.32 Å². The van der Waals surface area contributed by atoms with Gasteiger partial charge in [0.15, 0.2) is 0 Å². The molecule has 2 aliphatic heterocycles. The highest BCUT2D eigenvalue weighted by atomic mass is 32.1. The standard InChI is InChI=1S/C14H18N6O2S/c21-12(7-20-4-3-9-10(6-20)16-8-15-9)17-14-19-18-13(23-14)11-2-1-5-22-11/h8,11H,1-7H2,(H,15,16)(H,17,19,21)/t11-/m1/s1. The van der Waals surface area contributed by atoms with E-state index >= 15 is 0 Å². The Balaban J connectivity index is 1.32. The van der Waals surface area contributed by atoms with E-state index in [4.69, 9.17) is 4.74 Å². The lowest BCUT2D eigenvalue weighted by molar-refractivity contribution is -0.117. The molecule has 0 aliphatic carbocycles. The third kappa shape index (κ3) is 3.26. The van der Waals surface area contributed by atoms with Crippen molar-refractivity contribution in [3.05, 3.63) is 22.7 Å². The van der Waals surface area contributed by atoms with E-state index in [9.17, 15) is 4.79 Å². The van der Waals surface area contributed by atoms with Crippen LogP contribution in [0.5, 0.6) is 0 Å². The topological polar surface area (TPSA) is 96.0 Å². The first-order chi connectivity index (χ1) is 11.3. The van der Waals surface area contributed by atoms with Gasteiger partial charge in [0.05, 0.1) is 24.3 Å². The molecule has 0 spiro atoms. The summed E-state index contributed by atoms with van der Waals surface area (Å²) in [5.41, 5.74) is 2.20. The molecule has 1 amide bonds. The molecule has 1 saturated heterocycles. The molecule has 1 fully saturated rings. The quantitative estimate of drug-likeness (QED) is 0.869. The summed E-state index contributed by atoms with van der Waals surface area (Å²) in [4.78, 5) is 21.7. The molecule has 122 valence electrons. The number of imidazole rings is 1. The predicted molar refractivity (Wildman–Crippen MR) is 84.0 cm³/mol. The fourth-order valence-electron chi connectivity index (χ4n) is 2.95. The summed E-state index contributed by atoms with van der Waals surface area (Å²) >= 11 is 1.40. The molecule has 2 N–H and O–H groups in total. The average Bonchev–Trinajstić information content (AvgIpc) is 3.27. The maximum atomic E-state index is 12.2. The van der Waals surface area contributed by atoms with Gasteiger partial charge in [0.25, 0.3) is 0 Å². The van der Waals surface area contributed by atoms with Crippen LogP contribution in [0.15, 0.2) is 6.33 Å². The molecular weight excluding hydrogens is 316 g/mol. The number of hydrogen-bond donors (Lipinski definition) is 2. The van der Waals surface area contributed by atoms with Gasteiger partial charge in [-0.3, -0.25) is 15.0 Å². The third-order valence-electron chi connectivity index (χ3n) is 4.11. The lowest BCUT2D eigenvalue weighted by atomic mass is 10.1. The average molecular weight is 334 g/mol. The van der Waals surface area contributed by atoms with Crippen molar-refractivity contribution in [1.82, 2.24) is 25.1 Å². The maximum absolute atomic E-state index is 12.2. The van der Waals surface area contributed by atoms with E-state index in [-0.39, 0.29) is 12.0 Å². The van der Waals surface area contributed by atoms with Crippen LogP contribution in [0, 0.1) is 0 Å². The van der Waals surface area contributed by atoms with Gasteiger partial charge in [-0.1, -0.05) is 11.3 Å². The van der Waals surface area contributed by atoms with E-state index in [1.165, 1.54) is 11.3 Å². The molecule has 1 atom stereocenters. The highest BCUT2D eigenvalue weighted by molar-refractivity contribution is 7.15. The molecule has 2 aromatic heterocycles. The Morgan fingerprint density at radius 3 is 3.35 bits per heavy atom. The van der Waals surface area contributed by atoms with Crippen LogP contribution in [-0.2, 0) is 22.5 Å². The second-order valence-electron chi connectivity index (χ2n) is 5.78. The van der Waals surface area contributed by atoms with Gasteiger partial charge in [-0.25, -0.2) is 4.98 Å². The number of rotatable bonds is 4. The van der Waals surface area contributed by atoms with Crippen LogP contribution in [0.25, 0.3) is 0 Å². The summed E-state index contributed by atoms with van der Waals surface area (Å²) < 4.78 is 5.58. The van der Waals surface area contributed by atoms with Crippen molar-refractivity contribution in [3.8, 4) is 0 Å². The highest BCUT2D eigenvalue weighted by Crippen LogP contribution is 2.31. The van der Waals surface area contributed by atoms with E-state index in [1.54, 1.807) is 6.33 Å². The van der Waals surface area contributed by atoms with Crippen LogP contribution in [0.4, 0.5) is 5.13 Å². The molecule has 9 heteroatoms. The van der Waals surface area contributed by atoms with Crippen LogP contribution in [0.3, 0.4) is 0 Å². The van der Waals surface area contributed by atoms with E-state index < -0.39 is 0 Å². The maximum Gasteiger partial charge on any atom is 0.240 e. The number of carbonyl (C=O) groups is 1.